The van der Waals surface area contributed by atoms with Crippen LogP contribution in [-0.2, 0) is 4.79 Å². The van der Waals surface area contributed by atoms with Gasteiger partial charge in [-0.3, -0.25) is 9.59 Å². The van der Waals surface area contributed by atoms with E-state index in [4.69, 9.17) is 9.47 Å². The maximum atomic E-state index is 13.1. The van der Waals surface area contributed by atoms with Crippen molar-refractivity contribution in [3.63, 3.8) is 0 Å². The fourth-order valence-corrected chi connectivity index (χ4v) is 3.69. The summed E-state index contributed by atoms with van der Waals surface area (Å²) in [4.78, 5) is 26.5. The maximum Gasteiger partial charge on any atom is 0.308 e. The highest BCUT2D eigenvalue weighted by Gasteiger charge is 2.40. The van der Waals surface area contributed by atoms with Gasteiger partial charge in [-0.1, -0.05) is 43.7 Å². The van der Waals surface area contributed by atoms with Crippen molar-refractivity contribution < 1.29 is 24.2 Å². The Kier molecular flexibility index (Phi) is 6.75. The molecule has 6 nitrogen and oxygen atoms in total. The Bertz CT molecular complexity index is 852. The van der Waals surface area contributed by atoms with E-state index in [-0.39, 0.29) is 18.4 Å². The molecule has 2 aromatic rings. The van der Waals surface area contributed by atoms with Gasteiger partial charge in [0.15, 0.2) is 11.5 Å². The summed E-state index contributed by atoms with van der Waals surface area (Å²) in [6.45, 7) is 3.23. The molecule has 1 heterocycles. The maximum absolute atomic E-state index is 13.1. The number of methoxy groups -OCH3 is 1. The molecular weight excluding hydrogens is 370 g/mol. The van der Waals surface area contributed by atoms with Gasteiger partial charge in [0.05, 0.1) is 19.6 Å². The highest BCUT2D eigenvalue weighted by atomic mass is 16.5. The lowest BCUT2D eigenvalue weighted by molar-refractivity contribution is -0.141. The fourth-order valence-electron chi connectivity index (χ4n) is 3.69. The Labute approximate surface area is 171 Å². The number of ether oxygens (including phenoxy) is 2. The van der Waals surface area contributed by atoms with Gasteiger partial charge in [-0.05, 0) is 30.2 Å². The first-order valence-corrected chi connectivity index (χ1v) is 9.93. The molecule has 154 valence electrons. The number of rotatable bonds is 8. The van der Waals surface area contributed by atoms with E-state index in [0.29, 0.717) is 30.2 Å². The van der Waals surface area contributed by atoms with E-state index in [1.165, 1.54) is 7.11 Å². The molecule has 1 amide bonds. The topological polar surface area (TPSA) is 76.1 Å². The monoisotopic (exact) mass is 397 g/mol. The summed E-state index contributed by atoms with van der Waals surface area (Å²) in [5.74, 6) is -0.833. The first-order chi connectivity index (χ1) is 14.0. The van der Waals surface area contributed by atoms with Crippen LogP contribution in [0.25, 0.3) is 0 Å². The van der Waals surface area contributed by atoms with Crippen LogP contribution in [0.2, 0.25) is 0 Å². The summed E-state index contributed by atoms with van der Waals surface area (Å²) in [5, 5.41) is 9.66. The minimum atomic E-state index is -0.883. The minimum Gasteiger partial charge on any atom is -0.493 e. The average Bonchev–Trinajstić information content (AvgIpc) is 3.20. The molecule has 2 unspecified atom stereocenters. The largest absolute Gasteiger partial charge is 0.493 e. The van der Waals surface area contributed by atoms with Crippen LogP contribution in [0.1, 0.15) is 41.6 Å². The predicted molar refractivity (Wildman–Crippen MR) is 110 cm³/mol. The number of nitrogens with zero attached hydrogens (tertiary/aromatic N) is 1. The summed E-state index contributed by atoms with van der Waals surface area (Å²) in [6.07, 6.45) is 1.97. The summed E-state index contributed by atoms with van der Waals surface area (Å²) < 4.78 is 11.1. The van der Waals surface area contributed by atoms with Gasteiger partial charge in [-0.15, -0.1) is 0 Å². The number of hydrogen-bond donors (Lipinski definition) is 1. The number of hydrogen-bond acceptors (Lipinski definition) is 4. The summed E-state index contributed by atoms with van der Waals surface area (Å²) >= 11 is 0. The molecule has 1 aliphatic rings. The van der Waals surface area contributed by atoms with Crippen molar-refractivity contribution in [2.75, 3.05) is 26.8 Å². The number of aliphatic carboxylic acids is 1. The summed E-state index contributed by atoms with van der Waals surface area (Å²) in [6, 6.07) is 14.6. The Morgan fingerprint density at radius 3 is 2.52 bits per heavy atom. The number of benzene rings is 2. The molecule has 1 saturated heterocycles. The normalized spacial score (nSPS) is 18.5. The number of carboxylic acids is 1. The van der Waals surface area contributed by atoms with Gasteiger partial charge in [0.1, 0.15) is 0 Å². The third kappa shape index (κ3) is 4.70. The Hall–Kier alpha value is -3.02. The fraction of sp³-hybridized carbons (Fsp3) is 0.391. The number of unbranched alkanes of at least 4 members (excludes halogenated alkanes) is 1. The Morgan fingerprint density at radius 1 is 1.10 bits per heavy atom. The molecule has 0 saturated carbocycles. The number of likely N-dealkylation sites (tertiary alicyclic amines) is 1. The van der Waals surface area contributed by atoms with Crippen LogP contribution in [0.5, 0.6) is 11.5 Å². The van der Waals surface area contributed by atoms with Crippen molar-refractivity contribution in [3.8, 4) is 11.5 Å². The molecule has 0 aromatic heterocycles. The van der Waals surface area contributed by atoms with Gasteiger partial charge >= 0.3 is 5.97 Å². The van der Waals surface area contributed by atoms with Crippen molar-refractivity contribution in [2.24, 2.45) is 5.92 Å². The molecule has 29 heavy (non-hydrogen) atoms. The van der Waals surface area contributed by atoms with E-state index in [2.05, 4.69) is 6.92 Å². The number of carbonyl (C=O) groups is 2. The van der Waals surface area contributed by atoms with E-state index in [0.717, 1.165) is 18.4 Å². The van der Waals surface area contributed by atoms with E-state index in [1.807, 2.05) is 30.3 Å². The van der Waals surface area contributed by atoms with Gasteiger partial charge in [0, 0.05) is 24.6 Å². The molecule has 1 fully saturated rings. The average molecular weight is 397 g/mol. The molecule has 0 radical (unpaired) electrons. The molecule has 0 spiro atoms. The second-order valence-electron chi connectivity index (χ2n) is 7.24. The van der Waals surface area contributed by atoms with Crippen molar-refractivity contribution in [2.45, 2.75) is 25.7 Å². The van der Waals surface area contributed by atoms with Gasteiger partial charge in [-0.25, -0.2) is 0 Å². The second-order valence-corrected chi connectivity index (χ2v) is 7.24. The van der Waals surface area contributed by atoms with Crippen molar-refractivity contribution in [3.05, 3.63) is 59.7 Å². The molecule has 6 heteroatoms. The van der Waals surface area contributed by atoms with Crippen molar-refractivity contribution >= 4 is 11.9 Å². The van der Waals surface area contributed by atoms with E-state index >= 15 is 0 Å². The van der Waals surface area contributed by atoms with Crippen LogP contribution >= 0.6 is 0 Å². The highest BCUT2D eigenvalue weighted by molar-refractivity contribution is 5.95. The van der Waals surface area contributed by atoms with E-state index in [1.54, 1.807) is 23.1 Å². The van der Waals surface area contributed by atoms with E-state index in [9.17, 15) is 14.7 Å². The molecule has 0 aliphatic carbocycles. The molecule has 1 N–H and O–H groups in total. The lowest BCUT2D eigenvalue weighted by atomic mass is 9.89. The van der Waals surface area contributed by atoms with E-state index < -0.39 is 11.9 Å². The smallest absolute Gasteiger partial charge is 0.308 e. The highest BCUT2D eigenvalue weighted by Crippen LogP contribution is 2.35. The van der Waals surface area contributed by atoms with Crippen molar-refractivity contribution in [1.29, 1.82) is 0 Å². The van der Waals surface area contributed by atoms with Crippen molar-refractivity contribution in [1.82, 2.24) is 4.90 Å². The molecule has 0 bridgehead atoms. The van der Waals surface area contributed by atoms with Crippen LogP contribution in [0.4, 0.5) is 0 Å². The zero-order valence-corrected chi connectivity index (χ0v) is 16.8. The SMILES string of the molecule is CCCCOc1ccc(C(=O)N2CC(C(=O)O)C(c3ccccc3)C2)cc1OC. The van der Waals surface area contributed by atoms with Crippen LogP contribution in [-0.4, -0.2) is 48.7 Å². The Morgan fingerprint density at radius 2 is 1.86 bits per heavy atom. The summed E-state index contributed by atoms with van der Waals surface area (Å²) in [7, 11) is 1.54. The number of carboxylic acid groups (broad SMARTS) is 1. The first kappa shape index (κ1) is 20.7. The molecule has 2 atom stereocenters. The second kappa shape index (κ2) is 9.45. The zero-order valence-electron chi connectivity index (χ0n) is 16.8. The quantitative estimate of drug-likeness (QED) is 0.686. The van der Waals surface area contributed by atoms with Crippen LogP contribution < -0.4 is 9.47 Å². The lowest BCUT2D eigenvalue weighted by Gasteiger charge is -2.18. The van der Waals surface area contributed by atoms with Gasteiger partial charge in [-0.2, -0.15) is 0 Å². The molecule has 3 rings (SSSR count). The van der Waals surface area contributed by atoms with Gasteiger partial charge in [0.25, 0.3) is 5.91 Å². The minimum absolute atomic E-state index is 0.185. The first-order valence-electron chi connectivity index (χ1n) is 9.93. The standard InChI is InChI=1S/C23H27NO5/c1-3-4-12-29-20-11-10-17(13-21(20)28-2)22(25)24-14-18(19(15-24)23(26)27)16-8-6-5-7-9-16/h5-11,13,18-19H,3-4,12,14-15H2,1-2H3,(H,26,27). The molecule has 2 aromatic carbocycles. The van der Waals surface area contributed by atoms with Crippen LogP contribution in [0, 0.1) is 5.92 Å². The number of amides is 1. The number of carbonyl (C=O) groups excluding carboxylic acids is 1. The zero-order chi connectivity index (χ0) is 20.8. The third-order valence-corrected chi connectivity index (χ3v) is 5.32. The molecule has 1 aliphatic heterocycles. The van der Waals surface area contributed by atoms with Crippen LogP contribution in [0.3, 0.4) is 0 Å². The van der Waals surface area contributed by atoms with Gasteiger partial charge < -0.3 is 19.5 Å². The molecular formula is C23H27NO5. The predicted octanol–water partition coefficient (Wildman–Crippen LogP) is 3.81. The van der Waals surface area contributed by atoms with Crippen LogP contribution in [0.15, 0.2) is 48.5 Å². The third-order valence-electron chi connectivity index (χ3n) is 5.32. The van der Waals surface area contributed by atoms with Gasteiger partial charge in [0.2, 0.25) is 0 Å². The Balaban J connectivity index is 1.78. The summed E-state index contributed by atoms with van der Waals surface area (Å²) in [5.41, 5.74) is 1.40. The lowest BCUT2D eigenvalue weighted by Crippen LogP contribution is -2.29.